The number of hydrogen-bond donors (Lipinski definition) is 1. The summed E-state index contributed by atoms with van der Waals surface area (Å²) < 4.78 is 5.47. The van der Waals surface area contributed by atoms with Crippen LogP contribution in [-0.4, -0.2) is 17.1 Å². The van der Waals surface area contributed by atoms with E-state index in [1.54, 1.807) is 12.1 Å². The molecule has 0 bridgehead atoms. The Morgan fingerprint density at radius 3 is 2.71 bits per heavy atom. The van der Waals surface area contributed by atoms with Crippen LogP contribution in [0.3, 0.4) is 0 Å². The van der Waals surface area contributed by atoms with E-state index < -0.39 is 4.92 Å². The highest BCUT2D eigenvalue weighted by molar-refractivity contribution is 5.58. The molecule has 0 spiro atoms. The summed E-state index contributed by atoms with van der Waals surface area (Å²) in [5.74, 6) is 0.329. The van der Waals surface area contributed by atoms with E-state index in [4.69, 9.17) is 4.74 Å². The number of hydrogen-bond acceptors (Lipinski definition) is 4. The Hall–Kier alpha value is -1.78. The van der Waals surface area contributed by atoms with E-state index in [0.717, 1.165) is 18.5 Å². The van der Waals surface area contributed by atoms with Crippen LogP contribution in [0.4, 0.5) is 11.4 Å². The Balaban J connectivity index is 2.24. The molecule has 1 aliphatic rings. The Bertz CT molecular complexity index is 428. The van der Waals surface area contributed by atoms with Gasteiger partial charge in [-0.05, 0) is 32.8 Å². The van der Waals surface area contributed by atoms with Gasteiger partial charge in [-0.2, -0.15) is 0 Å². The van der Waals surface area contributed by atoms with Crippen LogP contribution in [0.5, 0.6) is 5.75 Å². The van der Waals surface area contributed by atoms with Gasteiger partial charge in [-0.1, -0.05) is 0 Å². The molecular weight excluding hydrogens is 220 g/mol. The van der Waals surface area contributed by atoms with E-state index in [-0.39, 0.29) is 11.8 Å². The van der Waals surface area contributed by atoms with Crippen LogP contribution in [0.15, 0.2) is 18.2 Å². The molecule has 0 radical (unpaired) electrons. The highest BCUT2D eigenvalue weighted by Gasteiger charge is 2.22. The number of anilines is 1. The lowest BCUT2D eigenvalue weighted by atomic mass is 10.2. The van der Waals surface area contributed by atoms with Crippen LogP contribution < -0.4 is 10.1 Å². The predicted molar refractivity (Wildman–Crippen MR) is 65.5 cm³/mol. The third-order valence-corrected chi connectivity index (χ3v) is 2.47. The molecule has 1 aliphatic carbocycles. The van der Waals surface area contributed by atoms with Crippen LogP contribution in [0.2, 0.25) is 0 Å². The maximum Gasteiger partial charge on any atom is 0.311 e. The van der Waals surface area contributed by atoms with Crippen molar-refractivity contribution in [2.45, 2.75) is 38.8 Å². The first kappa shape index (κ1) is 11.7. The molecule has 0 heterocycles. The van der Waals surface area contributed by atoms with Crippen molar-refractivity contribution in [2.75, 3.05) is 5.32 Å². The van der Waals surface area contributed by atoms with Crippen molar-refractivity contribution >= 4 is 11.4 Å². The molecule has 0 aliphatic heterocycles. The minimum atomic E-state index is -0.418. The van der Waals surface area contributed by atoms with Gasteiger partial charge < -0.3 is 10.1 Å². The molecule has 1 saturated carbocycles. The smallest absolute Gasteiger partial charge is 0.311 e. The van der Waals surface area contributed by atoms with E-state index in [2.05, 4.69) is 5.32 Å². The second-order valence-corrected chi connectivity index (χ2v) is 4.52. The molecule has 1 aromatic rings. The Morgan fingerprint density at radius 2 is 2.18 bits per heavy atom. The zero-order valence-electron chi connectivity index (χ0n) is 9.97. The lowest BCUT2D eigenvalue weighted by molar-refractivity contribution is -0.386. The molecule has 5 nitrogen and oxygen atoms in total. The maximum absolute atomic E-state index is 10.9. The summed E-state index contributed by atoms with van der Waals surface area (Å²) >= 11 is 0. The zero-order valence-corrected chi connectivity index (χ0v) is 9.97. The van der Waals surface area contributed by atoms with Crippen LogP contribution in [-0.2, 0) is 0 Å². The van der Waals surface area contributed by atoms with Gasteiger partial charge >= 0.3 is 5.69 Å². The highest BCUT2D eigenvalue weighted by atomic mass is 16.6. The van der Waals surface area contributed by atoms with Gasteiger partial charge in [0.25, 0.3) is 0 Å². The van der Waals surface area contributed by atoms with Crippen LogP contribution >= 0.6 is 0 Å². The molecule has 1 fully saturated rings. The minimum Gasteiger partial charge on any atom is -0.484 e. The van der Waals surface area contributed by atoms with Gasteiger partial charge in [-0.25, -0.2) is 0 Å². The van der Waals surface area contributed by atoms with Gasteiger partial charge in [-0.3, -0.25) is 10.1 Å². The molecule has 0 amide bonds. The van der Waals surface area contributed by atoms with Gasteiger partial charge in [0, 0.05) is 23.9 Å². The van der Waals surface area contributed by atoms with Crippen LogP contribution in [0, 0.1) is 10.1 Å². The fraction of sp³-hybridized carbons (Fsp3) is 0.500. The van der Waals surface area contributed by atoms with E-state index >= 15 is 0 Å². The number of nitro groups is 1. The molecule has 2 rings (SSSR count). The van der Waals surface area contributed by atoms with Crippen molar-refractivity contribution in [1.82, 2.24) is 0 Å². The van der Waals surface area contributed by atoms with Crippen molar-refractivity contribution < 1.29 is 9.66 Å². The van der Waals surface area contributed by atoms with Gasteiger partial charge in [0.2, 0.25) is 0 Å². The van der Waals surface area contributed by atoms with Crippen molar-refractivity contribution in [3.8, 4) is 5.75 Å². The van der Waals surface area contributed by atoms with Gasteiger partial charge in [0.05, 0.1) is 11.0 Å². The summed E-state index contributed by atoms with van der Waals surface area (Å²) in [5, 5.41) is 14.1. The van der Waals surface area contributed by atoms with E-state index in [0.29, 0.717) is 11.8 Å². The average molecular weight is 236 g/mol. The number of nitro benzene ring substituents is 1. The first-order valence-electron chi connectivity index (χ1n) is 5.78. The zero-order chi connectivity index (χ0) is 12.4. The summed E-state index contributed by atoms with van der Waals surface area (Å²) in [6.07, 6.45) is 2.25. The molecule has 0 aromatic heterocycles. The van der Waals surface area contributed by atoms with Crippen LogP contribution in [0.25, 0.3) is 0 Å². The standard InChI is InChI=1S/C12H16N2O3/c1-8(2)17-12-7-10(13-9-3-4-9)5-6-11(12)14(15)16/h5-9,13H,3-4H2,1-2H3. The van der Waals surface area contributed by atoms with Gasteiger partial charge in [0.15, 0.2) is 5.75 Å². The van der Waals surface area contributed by atoms with E-state index in [9.17, 15) is 10.1 Å². The fourth-order valence-corrected chi connectivity index (χ4v) is 1.57. The topological polar surface area (TPSA) is 64.4 Å². The normalized spacial score (nSPS) is 14.8. The molecule has 0 unspecified atom stereocenters. The maximum atomic E-state index is 10.9. The summed E-state index contributed by atoms with van der Waals surface area (Å²) in [5.41, 5.74) is 0.897. The number of benzene rings is 1. The molecular formula is C12H16N2O3. The summed E-state index contributed by atoms with van der Waals surface area (Å²) in [6, 6.07) is 5.44. The molecule has 0 saturated heterocycles. The molecule has 17 heavy (non-hydrogen) atoms. The minimum absolute atomic E-state index is 0.0139. The van der Waals surface area contributed by atoms with E-state index in [1.165, 1.54) is 6.07 Å². The Labute approximate surface area is 99.9 Å². The van der Waals surface area contributed by atoms with E-state index in [1.807, 2.05) is 13.8 Å². The van der Waals surface area contributed by atoms with Crippen molar-refractivity contribution in [2.24, 2.45) is 0 Å². The molecule has 92 valence electrons. The van der Waals surface area contributed by atoms with Crippen molar-refractivity contribution in [3.63, 3.8) is 0 Å². The monoisotopic (exact) mass is 236 g/mol. The van der Waals surface area contributed by atoms with Crippen LogP contribution in [0.1, 0.15) is 26.7 Å². The Kier molecular flexibility index (Phi) is 3.17. The Morgan fingerprint density at radius 1 is 1.47 bits per heavy atom. The summed E-state index contributed by atoms with van der Waals surface area (Å²) in [4.78, 5) is 10.4. The molecule has 1 aromatic carbocycles. The SMILES string of the molecule is CC(C)Oc1cc(NC2CC2)ccc1[N+](=O)[O-]. The quantitative estimate of drug-likeness (QED) is 0.630. The third kappa shape index (κ3) is 3.09. The number of ether oxygens (including phenoxy) is 1. The largest absolute Gasteiger partial charge is 0.484 e. The summed E-state index contributed by atoms with van der Waals surface area (Å²) in [6.45, 7) is 3.70. The number of nitrogens with one attached hydrogen (secondary N) is 1. The average Bonchev–Trinajstić information content (AvgIpc) is 3.00. The fourth-order valence-electron chi connectivity index (χ4n) is 1.57. The summed E-state index contributed by atoms with van der Waals surface area (Å²) in [7, 11) is 0. The van der Waals surface area contributed by atoms with Gasteiger partial charge in [-0.15, -0.1) is 0 Å². The first-order chi connectivity index (χ1) is 8.06. The molecule has 5 heteroatoms. The first-order valence-corrected chi connectivity index (χ1v) is 5.78. The molecule has 1 N–H and O–H groups in total. The number of nitrogens with zero attached hydrogens (tertiary/aromatic N) is 1. The second-order valence-electron chi connectivity index (χ2n) is 4.52. The second kappa shape index (κ2) is 4.61. The predicted octanol–water partition coefficient (Wildman–Crippen LogP) is 2.96. The lowest BCUT2D eigenvalue weighted by Crippen LogP contribution is -2.08. The lowest BCUT2D eigenvalue weighted by Gasteiger charge is -2.12. The van der Waals surface area contributed by atoms with Crippen molar-refractivity contribution in [1.29, 1.82) is 0 Å². The molecule has 0 atom stereocenters. The third-order valence-electron chi connectivity index (χ3n) is 2.47. The number of rotatable bonds is 5. The van der Waals surface area contributed by atoms with Crippen molar-refractivity contribution in [3.05, 3.63) is 28.3 Å². The highest BCUT2D eigenvalue weighted by Crippen LogP contribution is 2.33. The van der Waals surface area contributed by atoms with Gasteiger partial charge in [0.1, 0.15) is 0 Å².